The van der Waals surface area contributed by atoms with E-state index in [-0.39, 0.29) is 11.7 Å². The monoisotopic (exact) mass is 263 g/mol. The molecule has 104 valence electrons. The molecule has 0 saturated heterocycles. The summed E-state index contributed by atoms with van der Waals surface area (Å²) in [6.45, 7) is 5.87. The Morgan fingerprint density at radius 1 is 1.63 bits per heavy atom. The van der Waals surface area contributed by atoms with Crippen LogP contribution in [0.3, 0.4) is 0 Å². The van der Waals surface area contributed by atoms with E-state index in [9.17, 15) is 9.90 Å². The number of hydrogen-bond acceptors (Lipinski definition) is 4. The van der Waals surface area contributed by atoms with Crippen LogP contribution in [0.15, 0.2) is 23.5 Å². The van der Waals surface area contributed by atoms with Crippen molar-refractivity contribution in [3.8, 4) is 0 Å². The van der Waals surface area contributed by atoms with E-state index >= 15 is 0 Å². The first kappa shape index (κ1) is 14.0. The van der Waals surface area contributed by atoms with Gasteiger partial charge in [0.05, 0.1) is 11.8 Å². The van der Waals surface area contributed by atoms with Gasteiger partial charge in [0, 0.05) is 39.2 Å². The maximum Gasteiger partial charge on any atom is 0.266 e. The summed E-state index contributed by atoms with van der Waals surface area (Å²) in [6.07, 6.45) is 3.88. The van der Waals surface area contributed by atoms with Gasteiger partial charge in [-0.25, -0.2) is 4.68 Å². The van der Waals surface area contributed by atoms with Gasteiger partial charge in [-0.1, -0.05) is 6.08 Å². The molecule has 2 heterocycles. The smallest absolute Gasteiger partial charge is 0.266 e. The Morgan fingerprint density at radius 3 is 3.16 bits per heavy atom. The number of nitrogens with zero attached hydrogens (tertiary/aromatic N) is 3. The first-order valence-corrected chi connectivity index (χ1v) is 6.67. The van der Waals surface area contributed by atoms with Crippen LogP contribution >= 0.6 is 0 Å². The Bertz CT molecular complexity index is 510. The van der Waals surface area contributed by atoms with Crippen LogP contribution in [0.1, 0.15) is 24.1 Å². The van der Waals surface area contributed by atoms with Crippen molar-refractivity contribution in [3.05, 3.63) is 40.3 Å². The van der Waals surface area contributed by atoms with Crippen molar-refractivity contribution < 1.29 is 5.11 Å². The molecule has 1 N–H and O–H groups in total. The van der Waals surface area contributed by atoms with Crippen molar-refractivity contribution in [1.29, 1.82) is 0 Å². The fraction of sp³-hybridized carbons (Fsp3) is 0.571. The van der Waals surface area contributed by atoms with Crippen LogP contribution in [0.5, 0.6) is 0 Å². The van der Waals surface area contributed by atoms with E-state index in [0.29, 0.717) is 13.1 Å². The van der Waals surface area contributed by atoms with Crippen molar-refractivity contribution >= 4 is 0 Å². The third-order valence-corrected chi connectivity index (χ3v) is 3.49. The topological polar surface area (TPSA) is 58.4 Å². The largest absolute Gasteiger partial charge is 0.392 e. The van der Waals surface area contributed by atoms with Gasteiger partial charge in [-0.2, -0.15) is 5.10 Å². The molecule has 0 amide bonds. The van der Waals surface area contributed by atoms with E-state index < -0.39 is 0 Å². The summed E-state index contributed by atoms with van der Waals surface area (Å²) in [6, 6.07) is 1.66. The van der Waals surface area contributed by atoms with E-state index in [2.05, 4.69) is 16.6 Å². The van der Waals surface area contributed by atoms with Gasteiger partial charge in [0.1, 0.15) is 0 Å². The molecule has 2 rings (SSSR count). The van der Waals surface area contributed by atoms with Gasteiger partial charge in [-0.3, -0.25) is 9.69 Å². The van der Waals surface area contributed by atoms with Crippen LogP contribution in [0.4, 0.5) is 0 Å². The van der Waals surface area contributed by atoms with Crippen molar-refractivity contribution in [2.45, 2.75) is 31.9 Å². The van der Waals surface area contributed by atoms with Crippen molar-refractivity contribution in [2.75, 3.05) is 13.1 Å². The number of allylic oxidation sites excluding steroid dienone is 1. The Labute approximate surface area is 113 Å². The SMILES string of the molecule is C=CCC[C@@H](O)CN1CCc2nn(C)c(=O)cc2C1. The first-order chi connectivity index (χ1) is 9.10. The molecule has 0 bridgehead atoms. The minimum absolute atomic E-state index is 0.0761. The Balaban J connectivity index is 2.00. The predicted octanol–water partition coefficient (Wildman–Crippen LogP) is 0.465. The lowest BCUT2D eigenvalue weighted by molar-refractivity contribution is 0.0987. The first-order valence-electron chi connectivity index (χ1n) is 6.67. The average molecular weight is 263 g/mol. The summed E-state index contributed by atoms with van der Waals surface area (Å²) >= 11 is 0. The zero-order valence-corrected chi connectivity index (χ0v) is 11.4. The summed E-state index contributed by atoms with van der Waals surface area (Å²) in [7, 11) is 1.67. The van der Waals surface area contributed by atoms with Gasteiger partial charge in [0.2, 0.25) is 0 Å². The fourth-order valence-electron chi connectivity index (χ4n) is 2.41. The van der Waals surface area contributed by atoms with E-state index in [1.54, 1.807) is 13.1 Å². The molecule has 1 aliphatic heterocycles. The highest BCUT2D eigenvalue weighted by molar-refractivity contribution is 5.20. The summed E-state index contributed by atoms with van der Waals surface area (Å²) in [5, 5.41) is 14.2. The van der Waals surface area contributed by atoms with Gasteiger partial charge < -0.3 is 5.11 Å². The zero-order chi connectivity index (χ0) is 13.8. The minimum Gasteiger partial charge on any atom is -0.392 e. The second kappa shape index (κ2) is 6.12. The number of β-amino-alcohol motifs (C(OH)–C–C–N with tert-alkyl or cyclic N) is 1. The lowest BCUT2D eigenvalue weighted by Gasteiger charge is -2.29. The lowest BCUT2D eigenvalue weighted by atomic mass is 10.1. The zero-order valence-electron chi connectivity index (χ0n) is 11.4. The summed E-state index contributed by atoms with van der Waals surface area (Å²) in [5.41, 5.74) is 1.91. The van der Waals surface area contributed by atoms with Gasteiger partial charge in [-0.05, 0) is 18.4 Å². The van der Waals surface area contributed by atoms with Gasteiger partial charge in [-0.15, -0.1) is 6.58 Å². The van der Waals surface area contributed by atoms with Crippen molar-refractivity contribution in [1.82, 2.24) is 14.7 Å². The third-order valence-electron chi connectivity index (χ3n) is 3.49. The second-order valence-electron chi connectivity index (χ2n) is 5.08. The number of aliphatic hydroxyl groups is 1. The highest BCUT2D eigenvalue weighted by Crippen LogP contribution is 2.15. The van der Waals surface area contributed by atoms with Crippen LogP contribution < -0.4 is 5.56 Å². The molecule has 5 nitrogen and oxygen atoms in total. The molecule has 1 aromatic rings. The lowest BCUT2D eigenvalue weighted by Crippen LogP contribution is -2.38. The number of hydrogen-bond donors (Lipinski definition) is 1. The summed E-state index contributed by atoms with van der Waals surface area (Å²) in [4.78, 5) is 13.8. The van der Waals surface area contributed by atoms with Crippen LogP contribution in [0, 0.1) is 0 Å². The second-order valence-corrected chi connectivity index (χ2v) is 5.08. The number of aromatic nitrogens is 2. The van der Waals surface area contributed by atoms with E-state index in [1.807, 2.05) is 6.08 Å². The normalized spacial score (nSPS) is 16.9. The fourth-order valence-corrected chi connectivity index (χ4v) is 2.41. The molecule has 0 saturated carbocycles. The van der Waals surface area contributed by atoms with E-state index in [4.69, 9.17) is 0 Å². The number of rotatable bonds is 5. The van der Waals surface area contributed by atoms with Crippen LogP contribution in [0.2, 0.25) is 0 Å². The highest BCUT2D eigenvalue weighted by atomic mass is 16.3. The highest BCUT2D eigenvalue weighted by Gasteiger charge is 2.20. The summed E-state index contributed by atoms with van der Waals surface area (Å²) in [5.74, 6) is 0. The standard InChI is InChI=1S/C14H21N3O2/c1-3-4-5-12(18)10-17-7-6-13-11(9-17)8-14(19)16(2)15-13/h3,8,12,18H,1,4-7,9-10H2,2H3/t12-/m1/s1. The van der Waals surface area contributed by atoms with E-state index in [1.165, 1.54) is 4.68 Å². The third kappa shape index (κ3) is 3.52. The molecule has 5 heteroatoms. The van der Waals surface area contributed by atoms with Crippen LogP contribution in [0.25, 0.3) is 0 Å². The molecule has 0 radical (unpaired) electrons. The number of aliphatic hydroxyl groups excluding tert-OH is 1. The average Bonchev–Trinajstić information content (AvgIpc) is 2.38. The van der Waals surface area contributed by atoms with Gasteiger partial charge in [0.15, 0.2) is 0 Å². The predicted molar refractivity (Wildman–Crippen MR) is 73.9 cm³/mol. The maximum atomic E-state index is 11.6. The van der Waals surface area contributed by atoms with Crippen LogP contribution in [-0.4, -0.2) is 39.0 Å². The Hall–Kier alpha value is -1.46. The Kier molecular flexibility index (Phi) is 4.50. The molecule has 0 fully saturated rings. The summed E-state index contributed by atoms with van der Waals surface area (Å²) < 4.78 is 1.38. The maximum absolute atomic E-state index is 11.6. The molecule has 0 spiro atoms. The Morgan fingerprint density at radius 2 is 2.42 bits per heavy atom. The number of fused-ring (bicyclic) bond motifs is 1. The van der Waals surface area contributed by atoms with Crippen molar-refractivity contribution in [2.24, 2.45) is 7.05 Å². The minimum atomic E-state index is -0.334. The molecular formula is C14H21N3O2. The van der Waals surface area contributed by atoms with Gasteiger partial charge in [0.25, 0.3) is 5.56 Å². The van der Waals surface area contributed by atoms with Crippen LogP contribution in [-0.2, 0) is 20.0 Å². The molecule has 0 aliphatic carbocycles. The van der Waals surface area contributed by atoms with E-state index in [0.717, 1.165) is 37.1 Å². The molecule has 1 atom stereocenters. The molecular weight excluding hydrogens is 242 g/mol. The number of aryl methyl sites for hydroxylation is 1. The molecule has 1 aromatic heterocycles. The van der Waals surface area contributed by atoms with Crippen molar-refractivity contribution in [3.63, 3.8) is 0 Å². The molecule has 0 aromatic carbocycles. The quantitative estimate of drug-likeness (QED) is 0.784. The molecule has 1 aliphatic rings. The van der Waals surface area contributed by atoms with Gasteiger partial charge >= 0.3 is 0 Å². The molecule has 0 unspecified atom stereocenters. The molecule has 19 heavy (non-hydrogen) atoms.